The Kier molecular flexibility index (Phi) is 5.06. The van der Waals surface area contributed by atoms with Gasteiger partial charge in [0, 0.05) is 23.5 Å². The SMILES string of the molecule is O=C(Nc1ccccc1-c1nc(-c2cccnc2)no1)c1ccc(Cl)c(Cl)c1. The molecular weight excluding hydrogens is 399 g/mol. The summed E-state index contributed by atoms with van der Waals surface area (Å²) in [5.74, 6) is 0.357. The quantitative estimate of drug-likeness (QED) is 0.489. The number of hydrogen-bond donors (Lipinski definition) is 1. The highest BCUT2D eigenvalue weighted by atomic mass is 35.5. The highest BCUT2D eigenvalue weighted by molar-refractivity contribution is 6.42. The van der Waals surface area contributed by atoms with Crippen LogP contribution in [-0.2, 0) is 0 Å². The third-order valence-electron chi connectivity index (χ3n) is 3.93. The van der Waals surface area contributed by atoms with E-state index in [4.69, 9.17) is 27.7 Å². The predicted molar refractivity (Wildman–Crippen MR) is 107 cm³/mol. The second-order valence-corrected chi connectivity index (χ2v) is 6.61. The molecule has 0 aliphatic carbocycles. The zero-order valence-electron chi connectivity index (χ0n) is 14.3. The maximum Gasteiger partial charge on any atom is 0.260 e. The van der Waals surface area contributed by atoms with E-state index in [-0.39, 0.29) is 11.8 Å². The van der Waals surface area contributed by atoms with Gasteiger partial charge in [-0.15, -0.1) is 0 Å². The van der Waals surface area contributed by atoms with Crippen LogP contribution in [0.15, 0.2) is 71.5 Å². The first-order chi connectivity index (χ1) is 13.6. The molecule has 8 heteroatoms. The molecule has 0 fully saturated rings. The summed E-state index contributed by atoms with van der Waals surface area (Å²) in [6, 6.07) is 15.4. The van der Waals surface area contributed by atoms with Crippen LogP contribution in [-0.4, -0.2) is 21.0 Å². The Morgan fingerprint density at radius 1 is 1.00 bits per heavy atom. The summed E-state index contributed by atoms with van der Waals surface area (Å²) in [4.78, 5) is 21.1. The fourth-order valence-corrected chi connectivity index (χ4v) is 2.85. The molecule has 138 valence electrons. The van der Waals surface area contributed by atoms with E-state index in [0.29, 0.717) is 32.7 Å². The Bertz CT molecular complexity index is 1150. The summed E-state index contributed by atoms with van der Waals surface area (Å²) >= 11 is 11.9. The van der Waals surface area contributed by atoms with Crippen molar-refractivity contribution in [2.45, 2.75) is 0 Å². The van der Waals surface area contributed by atoms with Gasteiger partial charge in [-0.05, 0) is 42.5 Å². The van der Waals surface area contributed by atoms with Gasteiger partial charge in [0.2, 0.25) is 5.82 Å². The van der Waals surface area contributed by atoms with Gasteiger partial charge in [0.15, 0.2) is 0 Å². The fourth-order valence-electron chi connectivity index (χ4n) is 2.56. The van der Waals surface area contributed by atoms with Gasteiger partial charge in [-0.25, -0.2) is 0 Å². The number of anilines is 1. The number of carbonyl (C=O) groups excluding carboxylic acids is 1. The summed E-state index contributed by atoms with van der Waals surface area (Å²) in [5, 5.41) is 7.52. The molecule has 0 radical (unpaired) electrons. The molecule has 0 saturated carbocycles. The molecule has 1 N–H and O–H groups in total. The summed E-state index contributed by atoms with van der Waals surface area (Å²) in [6.07, 6.45) is 3.31. The molecule has 2 heterocycles. The molecule has 0 unspecified atom stereocenters. The Morgan fingerprint density at radius 3 is 2.64 bits per heavy atom. The number of halogens is 2. The third kappa shape index (κ3) is 3.74. The number of carbonyl (C=O) groups is 1. The van der Waals surface area contributed by atoms with Crippen molar-refractivity contribution in [1.29, 1.82) is 0 Å². The van der Waals surface area contributed by atoms with Crippen LogP contribution < -0.4 is 5.32 Å². The van der Waals surface area contributed by atoms with Crippen LogP contribution in [0.1, 0.15) is 10.4 Å². The number of nitrogens with one attached hydrogen (secondary N) is 1. The van der Waals surface area contributed by atoms with Gasteiger partial charge in [0.25, 0.3) is 11.8 Å². The van der Waals surface area contributed by atoms with Crippen molar-refractivity contribution in [3.63, 3.8) is 0 Å². The average Bonchev–Trinajstić information content (AvgIpc) is 3.21. The van der Waals surface area contributed by atoms with Gasteiger partial charge in [-0.3, -0.25) is 9.78 Å². The lowest BCUT2D eigenvalue weighted by molar-refractivity contribution is 0.102. The van der Waals surface area contributed by atoms with Crippen LogP contribution in [0.3, 0.4) is 0 Å². The molecule has 0 spiro atoms. The lowest BCUT2D eigenvalue weighted by Gasteiger charge is -2.09. The molecule has 0 saturated heterocycles. The lowest BCUT2D eigenvalue weighted by Crippen LogP contribution is -2.12. The minimum absolute atomic E-state index is 0.281. The molecule has 4 rings (SSSR count). The highest BCUT2D eigenvalue weighted by Gasteiger charge is 2.16. The van der Waals surface area contributed by atoms with Crippen molar-refractivity contribution in [2.24, 2.45) is 0 Å². The van der Waals surface area contributed by atoms with Gasteiger partial charge in [-0.1, -0.05) is 40.5 Å². The van der Waals surface area contributed by atoms with Crippen molar-refractivity contribution >= 4 is 34.8 Å². The topological polar surface area (TPSA) is 80.9 Å². The van der Waals surface area contributed by atoms with Crippen molar-refractivity contribution in [3.05, 3.63) is 82.6 Å². The van der Waals surface area contributed by atoms with Gasteiger partial charge in [0.1, 0.15) is 0 Å². The zero-order chi connectivity index (χ0) is 19.5. The molecule has 4 aromatic rings. The lowest BCUT2D eigenvalue weighted by atomic mass is 10.1. The Labute approximate surface area is 170 Å². The summed E-state index contributed by atoms with van der Waals surface area (Å²) in [6.45, 7) is 0. The number of hydrogen-bond acceptors (Lipinski definition) is 5. The van der Waals surface area contributed by atoms with Crippen LogP contribution >= 0.6 is 23.2 Å². The first-order valence-corrected chi connectivity index (χ1v) is 8.97. The second-order valence-electron chi connectivity index (χ2n) is 5.79. The number of pyridine rings is 1. The Morgan fingerprint density at radius 2 is 1.86 bits per heavy atom. The molecular formula is C20H12Cl2N4O2. The van der Waals surface area contributed by atoms with Crippen molar-refractivity contribution in [3.8, 4) is 22.8 Å². The summed E-state index contributed by atoms with van der Waals surface area (Å²) < 4.78 is 5.39. The Balaban J connectivity index is 1.63. The molecule has 0 bridgehead atoms. The van der Waals surface area contributed by atoms with Crippen LogP contribution in [0, 0.1) is 0 Å². The molecule has 1 amide bonds. The van der Waals surface area contributed by atoms with Crippen LogP contribution in [0.4, 0.5) is 5.69 Å². The van der Waals surface area contributed by atoms with E-state index in [2.05, 4.69) is 20.4 Å². The van der Waals surface area contributed by atoms with Crippen molar-refractivity contribution in [2.75, 3.05) is 5.32 Å². The van der Waals surface area contributed by atoms with E-state index in [1.165, 1.54) is 6.07 Å². The summed E-state index contributed by atoms with van der Waals surface area (Å²) in [5.41, 5.74) is 2.24. The molecule has 28 heavy (non-hydrogen) atoms. The molecule has 6 nitrogen and oxygen atoms in total. The van der Waals surface area contributed by atoms with Gasteiger partial charge in [0.05, 0.1) is 21.3 Å². The zero-order valence-corrected chi connectivity index (χ0v) is 15.8. The normalized spacial score (nSPS) is 10.6. The largest absolute Gasteiger partial charge is 0.334 e. The number of nitrogens with zero attached hydrogens (tertiary/aromatic N) is 3. The van der Waals surface area contributed by atoms with Crippen LogP contribution in [0.2, 0.25) is 10.0 Å². The second kappa shape index (κ2) is 7.80. The van der Waals surface area contributed by atoms with E-state index in [0.717, 1.165) is 5.56 Å². The maximum absolute atomic E-state index is 12.6. The minimum atomic E-state index is -0.335. The standard InChI is InChI=1S/C20H12Cl2N4O2/c21-15-8-7-12(10-16(15)22)19(27)24-17-6-2-1-5-14(17)20-25-18(26-28-20)13-4-3-9-23-11-13/h1-11H,(H,24,27). The summed E-state index contributed by atoms with van der Waals surface area (Å²) in [7, 11) is 0. The van der Waals surface area contributed by atoms with E-state index < -0.39 is 0 Å². The van der Waals surface area contributed by atoms with E-state index in [1.807, 2.05) is 12.1 Å². The number of benzene rings is 2. The van der Waals surface area contributed by atoms with Crippen molar-refractivity contribution in [1.82, 2.24) is 15.1 Å². The minimum Gasteiger partial charge on any atom is -0.334 e. The molecule has 0 aliphatic heterocycles. The van der Waals surface area contributed by atoms with E-state index >= 15 is 0 Å². The third-order valence-corrected chi connectivity index (χ3v) is 4.67. The van der Waals surface area contributed by atoms with Gasteiger partial charge in [-0.2, -0.15) is 4.98 Å². The molecule has 2 aromatic heterocycles. The smallest absolute Gasteiger partial charge is 0.260 e. The maximum atomic E-state index is 12.6. The van der Waals surface area contributed by atoms with Crippen LogP contribution in [0.25, 0.3) is 22.8 Å². The monoisotopic (exact) mass is 410 g/mol. The Hall–Kier alpha value is -3.22. The highest BCUT2D eigenvalue weighted by Crippen LogP contribution is 2.29. The first-order valence-electron chi connectivity index (χ1n) is 8.22. The first kappa shape index (κ1) is 18.2. The van der Waals surface area contributed by atoms with Crippen molar-refractivity contribution < 1.29 is 9.32 Å². The fraction of sp³-hybridized carbons (Fsp3) is 0. The molecule has 0 atom stereocenters. The van der Waals surface area contributed by atoms with Crippen LogP contribution in [0.5, 0.6) is 0 Å². The molecule has 0 aliphatic rings. The average molecular weight is 411 g/mol. The number of aromatic nitrogens is 3. The molecule has 2 aromatic carbocycles. The van der Waals surface area contributed by atoms with Gasteiger partial charge >= 0.3 is 0 Å². The van der Waals surface area contributed by atoms with E-state index in [1.54, 1.807) is 48.8 Å². The number of rotatable bonds is 4. The number of amides is 1. The predicted octanol–water partition coefficient (Wildman–Crippen LogP) is 5.36. The number of para-hydroxylation sites is 1. The van der Waals surface area contributed by atoms with E-state index in [9.17, 15) is 4.79 Å². The van der Waals surface area contributed by atoms with Gasteiger partial charge < -0.3 is 9.84 Å².